The van der Waals surface area contributed by atoms with E-state index in [1.807, 2.05) is 0 Å². The molecule has 0 radical (unpaired) electrons. The highest BCUT2D eigenvalue weighted by Gasteiger charge is 2.18. The molecule has 0 unspecified atom stereocenters. The quantitative estimate of drug-likeness (QED) is 0.710. The van der Waals surface area contributed by atoms with Gasteiger partial charge in [0.25, 0.3) is 0 Å². The van der Waals surface area contributed by atoms with Gasteiger partial charge < -0.3 is 0 Å². The monoisotopic (exact) mass is 205 g/mol. The summed E-state index contributed by atoms with van der Waals surface area (Å²) in [6.07, 6.45) is 7.11. The topological polar surface area (TPSA) is 46.2 Å². The first-order chi connectivity index (χ1) is 6.14. The van der Waals surface area contributed by atoms with Gasteiger partial charge in [-0.25, -0.2) is 13.1 Å². The van der Waals surface area contributed by atoms with Crippen LogP contribution in [0.2, 0.25) is 0 Å². The van der Waals surface area contributed by atoms with Crippen molar-refractivity contribution in [1.82, 2.24) is 4.72 Å². The van der Waals surface area contributed by atoms with Gasteiger partial charge in [-0.15, -0.1) is 0 Å². The van der Waals surface area contributed by atoms with Crippen molar-refractivity contribution in [2.24, 2.45) is 5.92 Å². The van der Waals surface area contributed by atoms with E-state index < -0.39 is 10.0 Å². The maximum Gasteiger partial charge on any atom is 0.211 e. The standard InChI is InChI=1S/C9H19NO2S/c1-10-13(11,12)8-9-6-4-2-3-5-7-9/h9-10H,2-8H2,1H3. The lowest BCUT2D eigenvalue weighted by molar-refractivity contribution is 0.491. The Kier molecular flexibility index (Phi) is 4.19. The molecule has 0 heterocycles. The van der Waals surface area contributed by atoms with Crippen LogP contribution in [-0.4, -0.2) is 21.2 Å². The Hall–Kier alpha value is -0.0900. The lowest BCUT2D eigenvalue weighted by Crippen LogP contribution is -2.26. The SMILES string of the molecule is CNS(=O)(=O)CC1CCCCCC1. The van der Waals surface area contributed by atoms with E-state index in [2.05, 4.69) is 4.72 Å². The van der Waals surface area contributed by atoms with Gasteiger partial charge in [-0.3, -0.25) is 0 Å². The van der Waals surface area contributed by atoms with Crippen LogP contribution in [0.5, 0.6) is 0 Å². The third-order valence-electron chi connectivity index (χ3n) is 2.74. The van der Waals surface area contributed by atoms with Gasteiger partial charge in [0, 0.05) is 0 Å². The van der Waals surface area contributed by atoms with Crippen molar-refractivity contribution in [3.05, 3.63) is 0 Å². The Morgan fingerprint density at radius 3 is 2.15 bits per heavy atom. The van der Waals surface area contributed by atoms with E-state index in [1.54, 1.807) is 0 Å². The Morgan fingerprint density at radius 1 is 1.15 bits per heavy atom. The highest BCUT2D eigenvalue weighted by molar-refractivity contribution is 7.89. The molecule has 1 fully saturated rings. The maximum absolute atomic E-state index is 11.3. The fourth-order valence-corrected chi connectivity index (χ4v) is 3.04. The number of sulfonamides is 1. The average Bonchev–Trinajstić information content (AvgIpc) is 2.32. The Balaban J connectivity index is 2.42. The van der Waals surface area contributed by atoms with E-state index in [1.165, 1.54) is 32.7 Å². The first-order valence-corrected chi connectivity index (χ1v) is 6.70. The Labute approximate surface area is 81.0 Å². The van der Waals surface area contributed by atoms with Crippen molar-refractivity contribution in [1.29, 1.82) is 0 Å². The van der Waals surface area contributed by atoms with E-state index >= 15 is 0 Å². The summed E-state index contributed by atoms with van der Waals surface area (Å²) in [4.78, 5) is 0. The van der Waals surface area contributed by atoms with Crippen molar-refractivity contribution < 1.29 is 8.42 Å². The molecule has 4 heteroatoms. The van der Waals surface area contributed by atoms with E-state index in [-0.39, 0.29) is 0 Å². The van der Waals surface area contributed by atoms with Gasteiger partial charge in [0.1, 0.15) is 0 Å². The second kappa shape index (κ2) is 4.96. The molecule has 0 aromatic carbocycles. The zero-order valence-corrected chi connectivity index (χ0v) is 9.07. The molecular weight excluding hydrogens is 186 g/mol. The minimum absolute atomic E-state index is 0.323. The Bertz CT molecular complexity index is 228. The number of hydrogen-bond donors (Lipinski definition) is 1. The fraction of sp³-hybridized carbons (Fsp3) is 1.00. The van der Waals surface area contributed by atoms with Crippen molar-refractivity contribution in [3.63, 3.8) is 0 Å². The zero-order chi connectivity index (χ0) is 9.73. The van der Waals surface area contributed by atoms with Crippen LogP contribution in [0.1, 0.15) is 38.5 Å². The fourth-order valence-electron chi connectivity index (χ4n) is 1.92. The summed E-state index contributed by atoms with van der Waals surface area (Å²) < 4.78 is 24.9. The van der Waals surface area contributed by atoms with Gasteiger partial charge in [0.2, 0.25) is 10.0 Å². The van der Waals surface area contributed by atoms with Crippen molar-refractivity contribution in [3.8, 4) is 0 Å². The largest absolute Gasteiger partial charge is 0.218 e. The normalized spacial score (nSPS) is 21.3. The van der Waals surface area contributed by atoms with Gasteiger partial charge in [-0.2, -0.15) is 0 Å². The third kappa shape index (κ3) is 4.09. The predicted octanol–water partition coefficient (Wildman–Crippen LogP) is 1.51. The molecule has 0 amide bonds. The highest BCUT2D eigenvalue weighted by Crippen LogP contribution is 2.23. The number of hydrogen-bond acceptors (Lipinski definition) is 2. The van der Waals surface area contributed by atoms with E-state index in [4.69, 9.17) is 0 Å². The molecule has 3 nitrogen and oxygen atoms in total. The van der Waals surface area contributed by atoms with Crippen LogP contribution in [0.4, 0.5) is 0 Å². The summed E-state index contributed by atoms with van der Waals surface area (Å²) in [5, 5.41) is 0. The molecule has 0 aliphatic heterocycles. The smallest absolute Gasteiger partial charge is 0.211 e. The van der Waals surface area contributed by atoms with E-state index in [0.717, 1.165) is 12.8 Å². The highest BCUT2D eigenvalue weighted by atomic mass is 32.2. The summed E-state index contributed by atoms with van der Waals surface area (Å²) in [6, 6.07) is 0. The van der Waals surface area contributed by atoms with Crippen molar-refractivity contribution >= 4 is 10.0 Å². The van der Waals surface area contributed by atoms with Gasteiger partial charge in [0.15, 0.2) is 0 Å². The average molecular weight is 205 g/mol. The lowest BCUT2D eigenvalue weighted by atomic mass is 10.0. The molecule has 0 atom stereocenters. The molecule has 78 valence electrons. The van der Waals surface area contributed by atoms with Gasteiger partial charge >= 0.3 is 0 Å². The van der Waals surface area contributed by atoms with Crippen molar-refractivity contribution in [2.75, 3.05) is 12.8 Å². The molecule has 1 aliphatic carbocycles. The second-order valence-corrected chi connectivity index (χ2v) is 5.81. The van der Waals surface area contributed by atoms with Crippen LogP contribution < -0.4 is 4.72 Å². The predicted molar refractivity (Wildman–Crippen MR) is 54.0 cm³/mol. The second-order valence-electron chi connectivity index (χ2n) is 3.84. The Morgan fingerprint density at radius 2 is 1.69 bits per heavy atom. The summed E-state index contributed by atoms with van der Waals surface area (Å²) in [5.41, 5.74) is 0. The maximum atomic E-state index is 11.3. The molecule has 0 saturated heterocycles. The van der Waals surface area contributed by atoms with Crippen molar-refractivity contribution in [2.45, 2.75) is 38.5 Å². The summed E-state index contributed by atoms with van der Waals surface area (Å²) in [6.45, 7) is 0. The van der Waals surface area contributed by atoms with Gasteiger partial charge in [0.05, 0.1) is 5.75 Å². The molecule has 1 aliphatic rings. The minimum Gasteiger partial charge on any atom is -0.218 e. The molecule has 1 rings (SSSR count). The molecule has 0 aromatic rings. The van der Waals surface area contributed by atoms with Crippen LogP contribution >= 0.6 is 0 Å². The molecule has 0 bridgehead atoms. The van der Waals surface area contributed by atoms with Crippen LogP contribution in [0.25, 0.3) is 0 Å². The lowest BCUT2D eigenvalue weighted by Gasteiger charge is -2.12. The van der Waals surface area contributed by atoms with Gasteiger partial charge in [-0.1, -0.05) is 25.7 Å². The first-order valence-electron chi connectivity index (χ1n) is 5.05. The zero-order valence-electron chi connectivity index (χ0n) is 8.25. The van der Waals surface area contributed by atoms with Crippen LogP contribution in [0, 0.1) is 5.92 Å². The molecule has 0 aromatic heterocycles. The van der Waals surface area contributed by atoms with Gasteiger partial charge in [-0.05, 0) is 25.8 Å². The molecule has 1 N–H and O–H groups in total. The van der Waals surface area contributed by atoms with E-state index in [9.17, 15) is 8.42 Å². The first kappa shape index (κ1) is 11.0. The minimum atomic E-state index is -2.99. The molecule has 13 heavy (non-hydrogen) atoms. The number of rotatable bonds is 3. The molecule has 1 saturated carbocycles. The summed E-state index contributed by atoms with van der Waals surface area (Å²) in [5.74, 6) is 0.712. The van der Waals surface area contributed by atoms with Crippen LogP contribution in [0.15, 0.2) is 0 Å². The summed E-state index contributed by atoms with van der Waals surface area (Å²) in [7, 11) is -1.49. The molecular formula is C9H19NO2S. The van der Waals surface area contributed by atoms with Crippen LogP contribution in [-0.2, 0) is 10.0 Å². The van der Waals surface area contributed by atoms with Crippen LogP contribution in [0.3, 0.4) is 0 Å². The number of nitrogens with one attached hydrogen (secondary N) is 1. The van der Waals surface area contributed by atoms with E-state index in [0.29, 0.717) is 11.7 Å². The molecule has 0 spiro atoms. The third-order valence-corrected chi connectivity index (χ3v) is 4.27. The summed E-state index contributed by atoms with van der Waals surface area (Å²) >= 11 is 0.